The van der Waals surface area contributed by atoms with E-state index < -0.39 is 0 Å². The summed E-state index contributed by atoms with van der Waals surface area (Å²) in [7, 11) is 1.63. The molecule has 3 heteroatoms. The van der Waals surface area contributed by atoms with E-state index in [-0.39, 0.29) is 6.61 Å². The maximum atomic E-state index is 9.06. The Hall–Kier alpha value is -1.22. The maximum Gasteiger partial charge on any atom is 0.161 e. The minimum atomic E-state index is 0.0315. The molecule has 0 radical (unpaired) electrons. The Balaban J connectivity index is 2.03. The zero-order valence-corrected chi connectivity index (χ0v) is 9.61. The van der Waals surface area contributed by atoms with Crippen molar-refractivity contribution in [3.8, 4) is 11.5 Å². The van der Waals surface area contributed by atoms with E-state index in [9.17, 15) is 0 Å². The highest BCUT2D eigenvalue weighted by Crippen LogP contribution is 2.31. The first-order chi connectivity index (χ1) is 7.83. The highest BCUT2D eigenvalue weighted by molar-refractivity contribution is 5.42. The van der Waals surface area contributed by atoms with Gasteiger partial charge in [0.25, 0.3) is 0 Å². The summed E-state index contributed by atoms with van der Waals surface area (Å²) in [5.41, 5.74) is 0.851. The van der Waals surface area contributed by atoms with Crippen molar-refractivity contribution in [1.29, 1.82) is 0 Å². The molecule has 1 aromatic carbocycles. The zero-order valence-electron chi connectivity index (χ0n) is 9.61. The molecule has 1 aromatic rings. The molecular formula is C13H18O3. The SMILES string of the molecule is COc1ccc(CO)cc1OCC1CCC1. The molecule has 16 heavy (non-hydrogen) atoms. The van der Waals surface area contributed by atoms with Crippen molar-refractivity contribution in [3.63, 3.8) is 0 Å². The van der Waals surface area contributed by atoms with Crippen LogP contribution < -0.4 is 9.47 Å². The van der Waals surface area contributed by atoms with E-state index in [1.165, 1.54) is 19.3 Å². The van der Waals surface area contributed by atoms with Crippen LogP contribution in [0.1, 0.15) is 24.8 Å². The molecule has 2 rings (SSSR count). The minimum absolute atomic E-state index is 0.0315. The summed E-state index contributed by atoms with van der Waals surface area (Å²) in [6.45, 7) is 0.787. The average Bonchev–Trinajstić information content (AvgIpc) is 2.26. The predicted octanol–water partition coefficient (Wildman–Crippen LogP) is 2.37. The number of methoxy groups -OCH3 is 1. The summed E-state index contributed by atoms with van der Waals surface area (Å²) in [5.74, 6) is 2.17. The van der Waals surface area contributed by atoms with E-state index in [2.05, 4.69) is 0 Å². The van der Waals surface area contributed by atoms with Gasteiger partial charge in [0.05, 0.1) is 20.3 Å². The van der Waals surface area contributed by atoms with Gasteiger partial charge >= 0.3 is 0 Å². The van der Waals surface area contributed by atoms with E-state index in [1.54, 1.807) is 7.11 Å². The van der Waals surface area contributed by atoms with Crippen LogP contribution in [-0.2, 0) is 6.61 Å². The molecule has 1 aliphatic carbocycles. The van der Waals surface area contributed by atoms with Crippen LogP contribution in [0.15, 0.2) is 18.2 Å². The van der Waals surface area contributed by atoms with Gasteiger partial charge in [-0.1, -0.05) is 12.5 Å². The molecular weight excluding hydrogens is 204 g/mol. The molecule has 1 saturated carbocycles. The molecule has 88 valence electrons. The van der Waals surface area contributed by atoms with Gasteiger partial charge in [-0.05, 0) is 36.5 Å². The summed E-state index contributed by atoms with van der Waals surface area (Å²) < 4.78 is 11.0. The molecule has 3 nitrogen and oxygen atoms in total. The first-order valence-electron chi connectivity index (χ1n) is 5.74. The molecule has 0 bridgehead atoms. The molecule has 0 spiro atoms. The fourth-order valence-corrected chi connectivity index (χ4v) is 1.80. The zero-order chi connectivity index (χ0) is 11.4. The maximum absolute atomic E-state index is 9.06. The molecule has 0 amide bonds. The van der Waals surface area contributed by atoms with Crippen molar-refractivity contribution in [3.05, 3.63) is 23.8 Å². The van der Waals surface area contributed by atoms with Gasteiger partial charge < -0.3 is 14.6 Å². The third-order valence-corrected chi connectivity index (χ3v) is 3.11. The van der Waals surface area contributed by atoms with Gasteiger partial charge in [0.15, 0.2) is 11.5 Å². The molecule has 0 heterocycles. The van der Waals surface area contributed by atoms with E-state index in [0.717, 1.165) is 23.7 Å². The average molecular weight is 222 g/mol. The van der Waals surface area contributed by atoms with Crippen molar-refractivity contribution in [2.24, 2.45) is 5.92 Å². The Labute approximate surface area is 96.0 Å². The van der Waals surface area contributed by atoms with E-state index in [0.29, 0.717) is 5.92 Å². The van der Waals surface area contributed by atoms with Crippen molar-refractivity contribution >= 4 is 0 Å². The van der Waals surface area contributed by atoms with Gasteiger partial charge in [0.1, 0.15) is 0 Å². The van der Waals surface area contributed by atoms with Gasteiger partial charge in [-0.3, -0.25) is 0 Å². The van der Waals surface area contributed by atoms with E-state index >= 15 is 0 Å². The van der Waals surface area contributed by atoms with Crippen LogP contribution in [0.2, 0.25) is 0 Å². The number of rotatable bonds is 5. The topological polar surface area (TPSA) is 38.7 Å². The summed E-state index contributed by atoms with van der Waals surface area (Å²) in [4.78, 5) is 0. The molecule has 0 aromatic heterocycles. The van der Waals surface area contributed by atoms with Crippen molar-refractivity contribution in [2.75, 3.05) is 13.7 Å². The second-order valence-corrected chi connectivity index (χ2v) is 4.25. The van der Waals surface area contributed by atoms with E-state index in [4.69, 9.17) is 14.6 Å². The van der Waals surface area contributed by atoms with Crippen LogP contribution in [0.25, 0.3) is 0 Å². The number of hydrogen-bond acceptors (Lipinski definition) is 3. The predicted molar refractivity (Wildman–Crippen MR) is 61.8 cm³/mol. The fourth-order valence-electron chi connectivity index (χ4n) is 1.80. The summed E-state index contributed by atoms with van der Waals surface area (Å²) in [6, 6.07) is 5.52. The third-order valence-electron chi connectivity index (χ3n) is 3.11. The molecule has 1 aliphatic rings. The van der Waals surface area contributed by atoms with Crippen molar-refractivity contribution < 1.29 is 14.6 Å². The summed E-state index contributed by atoms with van der Waals surface area (Å²) >= 11 is 0. The van der Waals surface area contributed by atoms with Crippen molar-refractivity contribution in [2.45, 2.75) is 25.9 Å². The van der Waals surface area contributed by atoms with Crippen LogP contribution in [0.5, 0.6) is 11.5 Å². The minimum Gasteiger partial charge on any atom is -0.493 e. The van der Waals surface area contributed by atoms with E-state index in [1.807, 2.05) is 18.2 Å². The second kappa shape index (κ2) is 5.21. The monoisotopic (exact) mass is 222 g/mol. The Bertz CT molecular complexity index is 345. The number of aliphatic hydroxyl groups is 1. The Morgan fingerprint density at radius 3 is 2.69 bits per heavy atom. The van der Waals surface area contributed by atoms with Gasteiger partial charge in [-0.2, -0.15) is 0 Å². The Morgan fingerprint density at radius 1 is 1.31 bits per heavy atom. The number of hydrogen-bond donors (Lipinski definition) is 1. The highest BCUT2D eigenvalue weighted by atomic mass is 16.5. The number of aliphatic hydroxyl groups excluding tert-OH is 1. The standard InChI is InChI=1S/C13H18O3/c1-15-12-6-5-11(8-14)7-13(12)16-9-10-3-2-4-10/h5-7,10,14H,2-4,8-9H2,1H3. The van der Waals surface area contributed by atoms with Crippen LogP contribution in [0, 0.1) is 5.92 Å². The first-order valence-corrected chi connectivity index (χ1v) is 5.74. The van der Waals surface area contributed by atoms with Gasteiger partial charge in [0, 0.05) is 0 Å². The molecule has 0 unspecified atom stereocenters. The molecule has 0 atom stereocenters. The van der Waals surface area contributed by atoms with Crippen molar-refractivity contribution in [1.82, 2.24) is 0 Å². The smallest absolute Gasteiger partial charge is 0.161 e. The Morgan fingerprint density at radius 2 is 2.12 bits per heavy atom. The quantitative estimate of drug-likeness (QED) is 0.831. The van der Waals surface area contributed by atoms with Crippen LogP contribution >= 0.6 is 0 Å². The lowest BCUT2D eigenvalue weighted by Crippen LogP contribution is -2.19. The van der Waals surface area contributed by atoms with Gasteiger partial charge in [0.2, 0.25) is 0 Å². The first kappa shape index (κ1) is 11.3. The lowest BCUT2D eigenvalue weighted by atomic mass is 9.86. The van der Waals surface area contributed by atoms with Crippen LogP contribution in [0.4, 0.5) is 0 Å². The normalized spacial score (nSPS) is 15.6. The fraction of sp³-hybridized carbons (Fsp3) is 0.538. The van der Waals surface area contributed by atoms with Gasteiger partial charge in [-0.15, -0.1) is 0 Å². The molecule has 0 aliphatic heterocycles. The highest BCUT2D eigenvalue weighted by Gasteiger charge is 2.18. The van der Waals surface area contributed by atoms with Crippen LogP contribution in [-0.4, -0.2) is 18.8 Å². The molecule has 0 saturated heterocycles. The summed E-state index contributed by atoms with van der Waals surface area (Å²) in [5, 5.41) is 9.06. The number of benzene rings is 1. The largest absolute Gasteiger partial charge is 0.493 e. The lowest BCUT2D eigenvalue weighted by Gasteiger charge is -2.25. The Kier molecular flexibility index (Phi) is 3.67. The molecule has 1 N–H and O–H groups in total. The number of ether oxygens (including phenoxy) is 2. The lowest BCUT2D eigenvalue weighted by molar-refractivity contribution is 0.175. The van der Waals surface area contributed by atoms with Crippen LogP contribution in [0.3, 0.4) is 0 Å². The summed E-state index contributed by atoms with van der Waals surface area (Å²) in [6.07, 6.45) is 3.85. The van der Waals surface area contributed by atoms with Gasteiger partial charge in [-0.25, -0.2) is 0 Å². The second-order valence-electron chi connectivity index (χ2n) is 4.25. The molecule has 1 fully saturated rings. The third kappa shape index (κ3) is 2.47.